The summed E-state index contributed by atoms with van der Waals surface area (Å²) in [7, 11) is 0. The summed E-state index contributed by atoms with van der Waals surface area (Å²) in [5.74, 6) is 1.22. The highest BCUT2D eigenvalue weighted by molar-refractivity contribution is 5.12. The second-order valence-electron chi connectivity index (χ2n) is 5.60. The Morgan fingerprint density at radius 1 is 1.24 bits per heavy atom. The molecule has 0 bridgehead atoms. The minimum atomic E-state index is -0.230. The Labute approximate surface area is 104 Å². The molecule has 0 aromatic carbocycles. The van der Waals surface area contributed by atoms with Gasteiger partial charge < -0.3 is 10.1 Å². The minimum absolute atomic E-state index is 0.230. The van der Waals surface area contributed by atoms with Crippen LogP contribution in [0.2, 0.25) is 0 Å². The van der Waals surface area contributed by atoms with Crippen molar-refractivity contribution < 1.29 is 4.74 Å². The summed E-state index contributed by atoms with van der Waals surface area (Å²) < 4.78 is 5.61. The van der Waals surface area contributed by atoms with E-state index in [1.165, 1.54) is 0 Å². The van der Waals surface area contributed by atoms with Crippen molar-refractivity contribution in [3.63, 3.8) is 0 Å². The third-order valence-corrected chi connectivity index (χ3v) is 1.96. The summed E-state index contributed by atoms with van der Waals surface area (Å²) >= 11 is 0. The molecule has 4 heteroatoms. The molecular weight excluding hydrogens is 214 g/mol. The Balaban J connectivity index is 2.45. The Bertz CT molecular complexity index is 328. The topological polar surface area (TPSA) is 47.0 Å². The van der Waals surface area contributed by atoms with E-state index in [1.807, 2.05) is 32.9 Å². The van der Waals surface area contributed by atoms with Gasteiger partial charge in [0.15, 0.2) is 0 Å². The molecule has 4 nitrogen and oxygen atoms in total. The Morgan fingerprint density at radius 3 is 2.41 bits per heavy atom. The molecule has 1 heterocycles. The van der Waals surface area contributed by atoms with Crippen LogP contribution < -0.4 is 10.1 Å². The van der Waals surface area contributed by atoms with Gasteiger partial charge >= 0.3 is 0 Å². The van der Waals surface area contributed by atoms with Gasteiger partial charge in [-0.25, -0.2) is 0 Å². The van der Waals surface area contributed by atoms with E-state index in [0.717, 1.165) is 18.8 Å². The highest BCUT2D eigenvalue weighted by atomic mass is 16.5. The zero-order valence-corrected chi connectivity index (χ0v) is 11.4. The molecule has 17 heavy (non-hydrogen) atoms. The minimum Gasteiger partial charge on any atom is -0.471 e. The molecule has 0 fully saturated rings. The van der Waals surface area contributed by atoms with Gasteiger partial charge in [-0.3, -0.25) is 0 Å². The summed E-state index contributed by atoms with van der Waals surface area (Å²) in [5.41, 5.74) is 0.707. The standard InChI is InChI=1S/C13H23N3O/c1-10(2)8-14-9-11-6-7-12(16-15-11)17-13(3,4)5/h6-7,10,14H,8-9H2,1-5H3. The van der Waals surface area contributed by atoms with Crippen LogP contribution >= 0.6 is 0 Å². The van der Waals surface area contributed by atoms with Gasteiger partial charge in [0.1, 0.15) is 5.60 Å². The van der Waals surface area contributed by atoms with Gasteiger partial charge in [0, 0.05) is 12.6 Å². The lowest BCUT2D eigenvalue weighted by molar-refractivity contribution is 0.122. The van der Waals surface area contributed by atoms with E-state index in [0.29, 0.717) is 11.8 Å². The van der Waals surface area contributed by atoms with Crippen molar-refractivity contribution in [2.24, 2.45) is 5.92 Å². The Kier molecular flexibility index (Phi) is 4.87. The summed E-state index contributed by atoms with van der Waals surface area (Å²) in [6.07, 6.45) is 0. The van der Waals surface area contributed by atoms with Gasteiger partial charge in [-0.1, -0.05) is 13.8 Å². The fourth-order valence-corrected chi connectivity index (χ4v) is 1.30. The number of aromatic nitrogens is 2. The lowest BCUT2D eigenvalue weighted by Crippen LogP contribution is -2.24. The largest absolute Gasteiger partial charge is 0.471 e. The first-order valence-electron chi connectivity index (χ1n) is 6.09. The van der Waals surface area contributed by atoms with E-state index >= 15 is 0 Å². The predicted molar refractivity (Wildman–Crippen MR) is 69.0 cm³/mol. The van der Waals surface area contributed by atoms with E-state index in [9.17, 15) is 0 Å². The molecule has 0 aliphatic heterocycles. The van der Waals surface area contributed by atoms with E-state index < -0.39 is 0 Å². The number of nitrogens with zero attached hydrogens (tertiary/aromatic N) is 2. The van der Waals surface area contributed by atoms with Crippen LogP contribution in [-0.2, 0) is 6.54 Å². The summed E-state index contributed by atoms with van der Waals surface area (Å²) in [6.45, 7) is 12.1. The van der Waals surface area contributed by atoms with Crippen LogP contribution in [0.25, 0.3) is 0 Å². The van der Waals surface area contributed by atoms with Crippen molar-refractivity contribution in [3.8, 4) is 5.88 Å². The molecule has 1 rings (SSSR count). The van der Waals surface area contributed by atoms with Crippen molar-refractivity contribution in [3.05, 3.63) is 17.8 Å². The maximum absolute atomic E-state index is 5.61. The SMILES string of the molecule is CC(C)CNCc1ccc(OC(C)(C)C)nn1. The third-order valence-electron chi connectivity index (χ3n) is 1.96. The van der Waals surface area contributed by atoms with Gasteiger partial charge in [0.05, 0.1) is 5.69 Å². The zero-order valence-electron chi connectivity index (χ0n) is 11.4. The first-order valence-corrected chi connectivity index (χ1v) is 6.09. The quantitative estimate of drug-likeness (QED) is 0.854. The van der Waals surface area contributed by atoms with Gasteiger partial charge in [-0.2, -0.15) is 5.10 Å². The molecule has 0 saturated heterocycles. The first-order chi connectivity index (χ1) is 7.87. The molecule has 0 amide bonds. The number of hydrogen-bond donors (Lipinski definition) is 1. The van der Waals surface area contributed by atoms with Crippen molar-refractivity contribution in [1.82, 2.24) is 15.5 Å². The lowest BCUT2D eigenvalue weighted by Gasteiger charge is -2.19. The van der Waals surface area contributed by atoms with Gasteiger partial charge in [-0.05, 0) is 39.3 Å². The molecule has 0 atom stereocenters. The number of ether oxygens (including phenoxy) is 1. The van der Waals surface area contributed by atoms with Crippen LogP contribution in [0.4, 0.5) is 0 Å². The van der Waals surface area contributed by atoms with Crippen LogP contribution in [0.5, 0.6) is 5.88 Å². The molecule has 1 N–H and O–H groups in total. The molecular formula is C13H23N3O. The number of hydrogen-bond acceptors (Lipinski definition) is 4. The molecule has 1 aromatic heterocycles. The van der Waals surface area contributed by atoms with Crippen molar-refractivity contribution >= 4 is 0 Å². The maximum atomic E-state index is 5.61. The van der Waals surface area contributed by atoms with Gasteiger partial charge in [-0.15, -0.1) is 5.10 Å². The molecule has 96 valence electrons. The lowest BCUT2D eigenvalue weighted by atomic mass is 10.2. The molecule has 1 aromatic rings. The average Bonchev–Trinajstić information content (AvgIpc) is 2.18. The highest BCUT2D eigenvalue weighted by Crippen LogP contribution is 2.13. The van der Waals surface area contributed by atoms with Crippen LogP contribution in [0.1, 0.15) is 40.3 Å². The summed E-state index contributed by atoms with van der Waals surface area (Å²) in [4.78, 5) is 0. The molecule has 0 aliphatic rings. The van der Waals surface area contributed by atoms with E-state index in [-0.39, 0.29) is 5.60 Å². The Morgan fingerprint density at radius 2 is 1.94 bits per heavy atom. The van der Waals surface area contributed by atoms with Crippen LogP contribution in [-0.4, -0.2) is 22.3 Å². The summed E-state index contributed by atoms with van der Waals surface area (Å²) in [5, 5.41) is 11.5. The van der Waals surface area contributed by atoms with Crippen LogP contribution in [0.15, 0.2) is 12.1 Å². The first kappa shape index (κ1) is 13.9. The van der Waals surface area contributed by atoms with Gasteiger partial charge in [0.25, 0.3) is 0 Å². The van der Waals surface area contributed by atoms with Crippen LogP contribution in [0.3, 0.4) is 0 Å². The van der Waals surface area contributed by atoms with Crippen molar-refractivity contribution in [1.29, 1.82) is 0 Å². The number of rotatable bonds is 5. The maximum Gasteiger partial charge on any atom is 0.233 e. The molecule has 0 saturated carbocycles. The number of nitrogens with one attached hydrogen (secondary N) is 1. The predicted octanol–water partition coefficient (Wildman–Crippen LogP) is 2.40. The fraction of sp³-hybridized carbons (Fsp3) is 0.692. The molecule has 0 unspecified atom stereocenters. The average molecular weight is 237 g/mol. The van der Waals surface area contributed by atoms with E-state index in [4.69, 9.17) is 4.74 Å². The second kappa shape index (κ2) is 5.96. The molecule has 0 spiro atoms. The van der Waals surface area contributed by atoms with Gasteiger partial charge in [0.2, 0.25) is 5.88 Å². The third kappa shape index (κ3) is 6.22. The monoisotopic (exact) mass is 237 g/mol. The van der Waals surface area contributed by atoms with Crippen LogP contribution in [0, 0.1) is 5.92 Å². The highest BCUT2D eigenvalue weighted by Gasteiger charge is 2.12. The van der Waals surface area contributed by atoms with Crippen molar-refractivity contribution in [2.75, 3.05) is 6.54 Å². The van der Waals surface area contributed by atoms with E-state index in [2.05, 4.69) is 29.4 Å². The molecule has 0 aliphatic carbocycles. The second-order valence-corrected chi connectivity index (χ2v) is 5.60. The van der Waals surface area contributed by atoms with E-state index in [1.54, 1.807) is 0 Å². The molecule has 0 radical (unpaired) electrons. The normalized spacial score (nSPS) is 11.9. The zero-order chi connectivity index (χ0) is 12.9. The Hall–Kier alpha value is -1.16. The fourth-order valence-electron chi connectivity index (χ4n) is 1.30. The summed E-state index contributed by atoms with van der Waals surface area (Å²) in [6, 6.07) is 3.81. The smallest absolute Gasteiger partial charge is 0.233 e. The van der Waals surface area contributed by atoms with Crippen molar-refractivity contribution in [2.45, 2.75) is 46.8 Å².